The first-order valence-electron chi connectivity index (χ1n) is 6.88. The Bertz CT molecular complexity index is 802. The van der Waals surface area contributed by atoms with Crippen LogP contribution in [0.3, 0.4) is 0 Å². The van der Waals surface area contributed by atoms with Crippen molar-refractivity contribution in [2.75, 3.05) is 25.5 Å². The summed E-state index contributed by atoms with van der Waals surface area (Å²) in [4.78, 5) is 4.67. The van der Waals surface area contributed by atoms with Crippen LogP contribution in [0.1, 0.15) is 0 Å². The average Bonchev–Trinajstić information content (AvgIpc) is 2.90. The molecule has 0 aliphatic rings. The van der Waals surface area contributed by atoms with E-state index in [0.29, 0.717) is 5.02 Å². The van der Waals surface area contributed by atoms with Gasteiger partial charge in [0, 0.05) is 29.7 Å². The molecule has 5 nitrogen and oxygen atoms in total. The highest BCUT2D eigenvalue weighted by molar-refractivity contribution is 9.10. The highest BCUT2D eigenvalue weighted by Crippen LogP contribution is 2.30. The van der Waals surface area contributed by atoms with Gasteiger partial charge in [0.2, 0.25) is 0 Å². The van der Waals surface area contributed by atoms with Gasteiger partial charge in [0.15, 0.2) is 5.65 Å². The molecule has 114 valence electrons. The van der Waals surface area contributed by atoms with Crippen molar-refractivity contribution >= 4 is 39.0 Å². The smallest absolute Gasteiger partial charge is 0.172 e. The number of hydrogen-bond donors (Lipinski definition) is 2. The van der Waals surface area contributed by atoms with Gasteiger partial charge in [-0.3, -0.25) is 0 Å². The lowest BCUT2D eigenvalue weighted by Gasteiger charge is -2.11. The van der Waals surface area contributed by atoms with Crippen LogP contribution in [0, 0.1) is 0 Å². The van der Waals surface area contributed by atoms with Crippen LogP contribution in [0.4, 0.5) is 5.82 Å². The number of rotatable bonds is 5. The highest BCUT2D eigenvalue weighted by Gasteiger charge is 2.12. The van der Waals surface area contributed by atoms with Crippen LogP contribution in [0.25, 0.3) is 16.9 Å². The molecule has 0 fully saturated rings. The Morgan fingerprint density at radius 2 is 2.09 bits per heavy atom. The van der Waals surface area contributed by atoms with E-state index in [1.165, 1.54) is 0 Å². The van der Waals surface area contributed by atoms with Crippen molar-refractivity contribution in [2.45, 2.75) is 0 Å². The van der Waals surface area contributed by atoms with Gasteiger partial charge in [-0.2, -0.15) is 9.61 Å². The zero-order valence-electron chi connectivity index (χ0n) is 12.0. The summed E-state index contributed by atoms with van der Waals surface area (Å²) < 4.78 is 2.62. The normalized spacial score (nSPS) is 11.0. The third-order valence-electron chi connectivity index (χ3n) is 3.26. The Kier molecular flexibility index (Phi) is 4.61. The first-order chi connectivity index (χ1) is 10.7. The molecule has 0 radical (unpaired) electrons. The summed E-state index contributed by atoms with van der Waals surface area (Å²) >= 11 is 9.79. The lowest BCUT2D eigenvalue weighted by Crippen LogP contribution is -2.19. The molecule has 0 bridgehead atoms. The first-order valence-corrected chi connectivity index (χ1v) is 8.05. The molecule has 0 atom stereocenters. The Morgan fingerprint density at radius 3 is 2.86 bits per heavy atom. The maximum absolute atomic E-state index is 6.30. The van der Waals surface area contributed by atoms with Crippen LogP contribution >= 0.6 is 27.5 Å². The second-order valence-electron chi connectivity index (χ2n) is 4.76. The molecular weight excluding hydrogens is 366 g/mol. The molecule has 3 aromatic rings. The molecule has 22 heavy (non-hydrogen) atoms. The average molecular weight is 381 g/mol. The number of aromatic nitrogens is 3. The van der Waals surface area contributed by atoms with Crippen molar-refractivity contribution in [2.24, 2.45) is 0 Å². The molecule has 0 saturated heterocycles. The Hall–Kier alpha value is -1.63. The summed E-state index contributed by atoms with van der Waals surface area (Å²) in [6.45, 7) is 1.64. The van der Waals surface area contributed by atoms with E-state index in [0.717, 1.165) is 40.3 Å². The number of anilines is 1. The molecular formula is C15H15BrClN5. The van der Waals surface area contributed by atoms with E-state index < -0.39 is 0 Å². The fraction of sp³-hybridized carbons (Fsp3) is 0.200. The summed E-state index contributed by atoms with van der Waals surface area (Å²) in [5.41, 5.74) is 2.46. The summed E-state index contributed by atoms with van der Waals surface area (Å²) in [5, 5.41) is 11.5. The van der Waals surface area contributed by atoms with E-state index in [4.69, 9.17) is 11.6 Å². The van der Waals surface area contributed by atoms with Crippen LogP contribution in [0.5, 0.6) is 0 Å². The minimum absolute atomic E-state index is 0.677. The highest BCUT2D eigenvalue weighted by atomic mass is 79.9. The van der Waals surface area contributed by atoms with E-state index >= 15 is 0 Å². The summed E-state index contributed by atoms with van der Waals surface area (Å²) in [6.07, 6.45) is 1.74. The minimum atomic E-state index is 0.677. The Labute approximate surface area is 141 Å². The first kappa shape index (κ1) is 15.3. The van der Waals surface area contributed by atoms with Crippen LogP contribution in [0.2, 0.25) is 5.02 Å². The molecule has 0 aliphatic heterocycles. The predicted octanol–water partition coefficient (Wildman–Crippen LogP) is 3.44. The molecule has 2 N–H and O–H groups in total. The standard InChI is InChI=1S/C15H15BrClN5/c1-18-6-7-19-14-8-13(10-4-2-3-5-12(10)17)21-15-11(16)9-20-22(14)15/h2-5,8-9,18-19H,6-7H2,1H3. The number of benzene rings is 1. The zero-order valence-corrected chi connectivity index (χ0v) is 14.3. The number of halogens is 2. The number of nitrogens with one attached hydrogen (secondary N) is 2. The van der Waals surface area contributed by atoms with Gasteiger partial charge in [0.05, 0.1) is 16.4 Å². The van der Waals surface area contributed by atoms with Crippen molar-refractivity contribution in [3.63, 3.8) is 0 Å². The van der Waals surface area contributed by atoms with Gasteiger partial charge in [0.25, 0.3) is 0 Å². The molecule has 0 spiro atoms. The van der Waals surface area contributed by atoms with E-state index in [9.17, 15) is 0 Å². The molecule has 0 aliphatic carbocycles. The number of likely N-dealkylation sites (N-methyl/N-ethyl adjacent to an activating group) is 1. The molecule has 0 saturated carbocycles. The monoisotopic (exact) mass is 379 g/mol. The Balaban J connectivity index is 2.11. The Morgan fingerprint density at radius 1 is 1.27 bits per heavy atom. The number of fused-ring (bicyclic) bond motifs is 1. The van der Waals surface area contributed by atoms with Crippen molar-refractivity contribution in [1.82, 2.24) is 19.9 Å². The van der Waals surface area contributed by atoms with Gasteiger partial charge in [-0.05, 0) is 29.0 Å². The van der Waals surface area contributed by atoms with Crippen molar-refractivity contribution in [1.29, 1.82) is 0 Å². The summed E-state index contributed by atoms with van der Waals surface area (Å²) in [7, 11) is 1.92. The number of nitrogens with zero attached hydrogens (tertiary/aromatic N) is 3. The molecule has 7 heteroatoms. The number of hydrogen-bond acceptors (Lipinski definition) is 4. The van der Waals surface area contributed by atoms with Crippen LogP contribution in [0.15, 0.2) is 41.0 Å². The fourth-order valence-electron chi connectivity index (χ4n) is 2.18. The zero-order chi connectivity index (χ0) is 15.5. The lowest BCUT2D eigenvalue weighted by atomic mass is 10.1. The third kappa shape index (κ3) is 2.95. The molecule has 0 unspecified atom stereocenters. The van der Waals surface area contributed by atoms with Gasteiger partial charge < -0.3 is 10.6 Å². The largest absolute Gasteiger partial charge is 0.369 e. The van der Waals surface area contributed by atoms with E-state index in [1.54, 1.807) is 10.7 Å². The van der Waals surface area contributed by atoms with Gasteiger partial charge >= 0.3 is 0 Å². The lowest BCUT2D eigenvalue weighted by molar-refractivity contribution is 0.813. The third-order valence-corrected chi connectivity index (χ3v) is 4.15. The topological polar surface area (TPSA) is 54.2 Å². The molecule has 3 rings (SSSR count). The van der Waals surface area contributed by atoms with Gasteiger partial charge in [-0.15, -0.1) is 0 Å². The van der Waals surface area contributed by atoms with Crippen molar-refractivity contribution < 1.29 is 0 Å². The van der Waals surface area contributed by atoms with Crippen LogP contribution < -0.4 is 10.6 Å². The van der Waals surface area contributed by atoms with Gasteiger partial charge in [-0.25, -0.2) is 4.98 Å². The fourth-order valence-corrected chi connectivity index (χ4v) is 2.77. The van der Waals surface area contributed by atoms with E-state index in [-0.39, 0.29) is 0 Å². The molecule has 2 aromatic heterocycles. The molecule has 2 heterocycles. The molecule has 0 amide bonds. The van der Waals surface area contributed by atoms with Crippen LogP contribution in [-0.4, -0.2) is 34.7 Å². The minimum Gasteiger partial charge on any atom is -0.369 e. The maximum atomic E-state index is 6.30. The van der Waals surface area contributed by atoms with Crippen molar-refractivity contribution in [3.8, 4) is 11.3 Å². The van der Waals surface area contributed by atoms with Gasteiger partial charge in [0.1, 0.15) is 5.82 Å². The van der Waals surface area contributed by atoms with Crippen LogP contribution in [-0.2, 0) is 0 Å². The van der Waals surface area contributed by atoms with E-state index in [2.05, 4.69) is 36.6 Å². The maximum Gasteiger partial charge on any atom is 0.172 e. The predicted molar refractivity (Wildman–Crippen MR) is 93.5 cm³/mol. The second-order valence-corrected chi connectivity index (χ2v) is 6.03. The molecule has 1 aromatic carbocycles. The van der Waals surface area contributed by atoms with Crippen molar-refractivity contribution in [3.05, 3.63) is 46.0 Å². The van der Waals surface area contributed by atoms with Gasteiger partial charge in [-0.1, -0.05) is 29.8 Å². The summed E-state index contributed by atoms with van der Waals surface area (Å²) in [6, 6.07) is 9.65. The summed E-state index contributed by atoms with van der Waals surface area (Å²) in [5.74, 6) is 0.876. The van der Waals surface area contributed by atoms with E-state index in [1.807, 2.05) is 37.4 Å². The quantitative estimate of drug-likeness (QED) is 0.666. The SMILES string of the molecule is CNCCNc1cc(-c2ccccc2Cl)nc2c(Br)cnn12. The second kappa shape index (κ2) is 6.64.